The largest absolute Gasteiger partial charge is 0.481 e. The van der Waals surface area contributed by atoms with Gasteiger partial charge < -0.3 is 10.4 Å². The molecule has 0 atom stereocenters. The zero-order valence-electron chi connectivity index (χ0n) is 8.12. The molecule has 5 heteroatoms. The van der Waals surface area contributed by atoms with Crippen LogP contribution in [0.5, 0.6) is 0 Å². The van der Waals surface area contributed by atoms with Crippen molar-refractivity contribution >= 4 is 33.2 Å². The molecule has 1 heterocycles. The minimum absolute atomic E-state index is 0.464. The van der Waals surface area contributed by atoms with Crippen LogP contribution in [-0.2, 0) is 11.3 Å². The highest BCUT2D eigenvalue weighted by Crippen LogP contribution is 2.45. The van der Waals surface area contributed by atoms with Gasteiger partial charge in [-0.3, -0.25) is 4.79 Å². The summed E-state index contributed by atoms with van der Waals surface area (Å²) in [4.78, 5) is 12.1. The van der Waals surface area contributed by atoms with Crippen molar-refractivity contribution in [2.75, 3.05) is 6.54 Å². The Labute approximate surface area is 101 Å². The molecule has 0 aliphatic heterocycles. The summed E-state index contributed by atoms with van der Waals surface area (Å²) in [6.07, 6.45) is 1.62. The molecule has 0 spiro atoms. The van der Waals surface area contributed by atoms with Gasteiger partial charge in [-0.1, -0.05) is 0 Å². The first-order valence-corrected chi connectivity index (χ1v) is 6.42. The van der Waals surface area contributed by atoms with Crippen molar-refractivity contribution in [1.29, 1.82) is 0 Å². The summed E-state index contributed by atoms with van der Waals surface area (Å²) in [6.45, 7) is 1.34. The molecule has 1 aromatic rings. The minimum atomic E-state index is -0.664. The summed E-state index contributed by atoms with van der Waals surface area (Å²) < 4.78 is 1.11. The molecule has 1 aromatic heterocycles. The number of rotatable bonds is 5. The number of carbonyl (C=O) groups is 1. The number of hydrogen-bond acceptors (Lipinski definition) is 3. The van der Waals surface area contributed by atoms with Gasteiger partial charge in [-0.05, 0) is 40.9 Å². The lowest BCUT2D eigenvalue weighted by atomic mass is 10.1. The lowest BCUT2D eigenvalue weighted by Crippen LogP contribution is -2.29. The minimum Gasteiger partial charge on any atom is -0.481 e. The fraction of sp³-hybridized carbons (Fsp3) is 0.500. The number of nitrogens with one attached hydrogen (secondary N) is 1. The Kier molecular flexibility index (Phi) is 3.13. The van der Waals surface area contributed by atoms with Crippen molar-refractivity contribution in [2.45, 2.75) is 19.4 Å². The number of carboxylic acid groups (broad SMARTS) is 1. The van der Waals surface area contributed by atoms with Crippen molar-refractivity contribution in [3.63, 3.8) is 0 Å². The number of halogens is 1. The van der Waals surface area contributed by atoms with E-state index in [-0.39, 0.29) is 0 Å². The van der Waals surface area contributed by atoms with Crippen LogP contribution in [0.1, 0.15) is 17.7 Å². The number of thiophene rings is 1. The van der Waals surface area contributed by atoms with Gasteiger partial charge in [0.05, 0.1) is 9.20 Å². The Bertz CT molecular complexity index is 373. The van der Waals surface area contributed by atoms with Gasteiger partial charge in [-0.25, -0.2) is 0 Å². The van der Waals surface area contributed by atoms with Crippen LogP contribution in [0.4, 0.5) is 0 Å². The van der Waals surface area contributed by atoms with Crippen LogP contribution in [0.25, 0.3) is 0 Å². The molecule has 1 aliphatic rings. The van der Waals surface area contributed by atoms with E-state index in [4.69, 9.17) is 5.11 Å². The van der Waals surface area contributed by atoms with Crippen molar-refractivity contribution in [3.8, 4) is 0 Å². The molecule has 0 bridgehead atoms. The van der Waals surface area contributed by atoms with Crippen molar-refractivity contribution in [1.82, 2.24) is 5.32 Å². The van der Waals surface area contributed by atoms with E-state index in [0.29, 0.717) is 6.54 Å². The first-order valence-electron chi connectivity index (χ1n) is 4.81. The monoisotopic (exact) mass is 289 g/mol. The Morgan fingerprint density at radius 2 is 2.33 bits per heavy atom. The van der Waals surface area contributed by atoms with E-state index in [0.717, 1.165) is 23.2 Å². The second-order valence-electron chi connectivity index (χ2n) is 3.89. The molecule has 0 radical (unpaired) electrons. The molecular weight excluding hydrogens is 278 g/mol. The van der Waals surface area contributed by atoms with Crippen LogP contribution in [0, 0.1) is 5.41 Å². The van der Waals surface area contributed by atoms with E-state index in [1.165, 1.54) is 4.88 Å². The SMILES string of the molecule is O=C(O)C1(CNCc2ccc(Br)s2)CC1. The Morgan fingerprint density at radius 3 is 2.80 bits per heavy atom. The van der Waals surface area contributed by atoms with Crippen molar-refractivity contribution in [3.05, 3.63) is 20.8 Å². The highest BCUT2D eigenvalue weighted by molar-refractivity contribution is 9.11. The lowest BCUT2D eigenvalue weighted by molar-refractivity contribution is -0.143. The molecule has 3 nitrogen and oxygen atoms in total. The van der Waals surface area contributed by atoms with E-state index in [1.54, 1.807) is 11.3 Å². The zero-order chi connectivity index (χ0) is 10.9. The highest BCUT2D eigenvalue weighted by atomic mass is 79.9. The summed E-state index contributed by atoms with van der Waals surface area (Å²) >= 11 is 5.07. The van der Waals surface area contributed by atoms with Gasteiger partial charge >= 0.3 is 5.97 Å². The first kappa shape index (κ1) is 11.1. The van der Waals surface area contributed by atoms with Gasteiger partial charge in [0, 0.05) is 18.0 Å². The van der Waals surface area contributed by atoms with E-state index < -0.39 is 11.4 Å². The Hall–Kier alpha value is -0.390. The van der Waals surface area contributed by atoms with E-state index in [2.05, 4.69) is 21.2 Å². The quantitative estimate of drug-likeness (QED) is 0.876. The third kappa shape index (κ3) is 2.59. The highest BCUT2D eigenvalue weighted by Gasteiger charge is 2.49. The predicted molar refractivity (Wildman–Crippen MR) is 63.0 cm³/mol. The van der Waals surface area contributed by atoms with Gasteiger partial charge in [0.2, 0.25) is 0 Å². The topological polar surface area (TPSA) is 49.3 Å². The van der Waals surface area contributed by atoms with Crippen LogP contribution in [0.3, 0.4) is 0 Å². The molecule has 15 heavy (non-hydrogen) atoms. The third-order valence-corrected chi connectivity index (χ3v) is 4.32. The van der Waals surface area contributed by atoms with Crippen LogP contribution in [0.15, 0.2) is 15.9 Å². The van der Waals surface area contributed by atoms with Crippen LogP contribution < -0.4 is 5.32 Å². The molecular formula is C10H12BrNO2S. The maximum absolute atomic E-state index is 10.9. The van der Waals surface area contributed by atoms with Crippen molar-refractivity contribution < 1.29 is 9.90 Å². The Balaban J connectivity index is 1.78. The summed E-state index contributed by atoms with van der Waals surface area (Å²) in [5.41, 5.74) is -0.464. The van der Waals surface area contributed by atoms with Gasteiger partial charge in [-0.15, -0.1) is 11.3 Å². The number of carboxylic acids is 1. The summed E-state index contributed by atoms with van der Waals surface area (Å²) in [7, 11) is 0. The van der Waals surface area contributed by atoms with E-state index in [9.17, 15) is 4.79 Å². The van der Waals surface area contributed by atoms with E-state index >= 15 is 0 Å². The second kappa shape index (κ2) is 4.23. The summed E-state index contributed by atoms with van der Waals surface area (Å²) in [5.74, 6) is -0.664. The molecule has 1 fully saturated rings. The number of aliphatic carboxylic acids is 1. The maximum atomic E-state index is 10.9. The van der Waals surface area contributed by atoms with Crippen LogP contribution in [-0.4, -0.2) is 17.6 Å². The second-order valence-corrected chi connectivity index (χ2v) is 6.44. The van der Waals surface area contributed by atoms with Crippen LogP contribution >= 0.6 is 27.3 Å². The zero-order valence-corrected chi connectivity index (χ0v) is 10.5. The molecule has 2 rings (SSSR count). The summed E-state index contributed by atoms with van der Waals surface area (Å²) in [6, 6.07) is 4.05. The van der Waals surface area contributed by atoms with E-state index in [1.807, 2.05) is 12.1 Å². The number of hydrogen-bond donors (Lipinski definition) is 2. The molecule has 1 saturated carbocycles. The van der Waals surface area contributed by atoms with Gasteiger partial charge in [0.25, 0.3) is 0 Å². The average molecular weight is 290 g/mol. The smallest absolute Gasteiger partial charge is 0.310 e. The lowest BCUT2D eigenvalue weighted by Gasteiger charge is -2.09. The van der Waals surface area contributed by atoms with Gasteiger partial charge in [0.15, 0.2) is 0 Å². The maximum Gasteiger partial charge on any atom is 0.310 e. The Morgan fingerprint density at radius 1 is 1.60 bits per heavy atom. The molecule has 1 aliphatic carbocycles. The standard InChI is InChI=1S/C10H12BrNO2S/c11-8-2-1-7(15-8)5-12-6-10(3-4-10)9(13)14/h1-2,12H,3-6H2,(H,13,14). The predicted octanol–water partition coefficient (Wildman–Crippen LogP) is 2.46. The molecule has 0 unspecified atom stereocenters. The molecule has 0 aromatic carbocycles. The normalized spacial score (nSPS) is 17.7. The molecule has 0 amide bonds. The van der Waals surface area contributed by atoms with Crippen LogP contribution in [0.2, 0.25) is 0 Å². The molecule has 2 N–H and O–H groups in total. The van der Waals surface area contributed by atoms with Gasteiger partial charge in [0.1, 0.15) is 0 Å². The van der Waals surface area contributed by atoms with Gasteiger partial charge in [-0.2, -0.15) is 0 Å². The third-order valence-electron chi connectivity index (χ3n) is 2.70. The average Bonchev–Trinajstić information content (AvgIpc) is 2.86. The summed E-state index contributed by atoms with van der Waals surface area (Å²) in [5, 5.41) is 12.2. The fourth-order valence-corrected chi connectivity index (χ4v) is 2.94. The molecule has 0 saturated heterocycles. The molecule has 82 valence electrons. The fourth-order valence-electron chi connectivity index (χ4n) is 1.49. The van der Waals surface area contributed by atoms with Crippen molar-refractivity contribution in [2.24, 2.45) is 5.41 Å². The first-order chi connectivity index (χ1) is 7.12.